The molecule has 1 heterocycles. The molecule has 0 unspecified atom stereocenters. The fourth-order valence-electron chi connectivity index (χ4n) is 4.63. The Bertz CT molecular complexity index is 712. The molecule has 1 aromatic carbocycles. The monoisotopic (exact) mass is 344 g/mol. The van der Waals surface area contributed by atoms with Crippen LogP contribution in [-0.4, -0.2) is 29.1 Å². The molecule has 1 spiro atoms. The van der Waals surface area contributed by atoms with Crippen LogP contribution in [-0.2, 0) is 16.0 Å². The van der Waals surface area contributed by atoms with E-state index in [0.29, 0.717) is 32.1 Å². The highest BCUT2D eigenvalue weighted by Gasteiger charge is 2.56. The van der Waals surface area contributed by atoms with Gasteiger partial charge in [-0.05, 0) is 37.3 Å². The number of benzene rings is 1. The number of ketones is 2. The molecule has 0 radical (unpaired) electrons. The fraction of sp³-hybridized carbons (Fsp3) is 0.579. The van der Waals surface area contributed by atoms with Crippen molar-refractivity contribution in [3.63, 3.8) is 0 Å². The summed E-state index contributed by atoms with van der Waals surface area (Å²) >= 11 is 0. The number of nitrogens with zero attached hydrogens (tertiary/aromatic N) is 2. The van der Waals surface area contributed by atoms with Crippen LogP contribution < -0.4 is 4.90 Å². The molecule has 1 fully saturated rings. The molecule has 0 saturated heterocycles. The van der Waals surface area contributed by atoms with Crippen LogP contribution in [0.2, 0.25) is 0 Å². The first-order valence-electron chi connectivity index (χ1n) is 9.06. The molecule has 1 aliphatic heterocycles. The van der Waals surface area contributed by atoms with Crippen LogP contribution in [0.5, 0.6) is 0 Å². The third-order valence-corrected chi connectivity index (χ3v) is 5.65. The van der Waals surface area contributed by atoms with Crippen molar-refractivity contribution in [2.75, 3.05) is 11.4 Å². The van der Waals surface area contributed by atoms with Gasteiger partial charge in [-0.1, -0.05) is 13.8 Å². The SMILES string of the molecule is CCCN1c2ccc([N+](=O)[O-])cc2CC2(C(=O)CCCC2=O)[C@H]1CC. The van der Waals surface area contributed by atoms with Crippen molar-refractivity contribution < 1.29 is 14.5 Å². The van der Waals surface area contributed by atoms with E-state index in [-0.39, 0.29) is 23.3 Å². The summed E-state index contributed by atoms with van der Waals surface area (Å²) in [7, 11) is 0. The standard InChI is InChI=1S/C19H24N2O4/c1-3-10-20-15-9-8-14(21(24)25)11-13(15)12-19(16(20)4-2)17(22)6-5-7-18(19)23/h8-9,11,16H,3-7,10,12H2,1-2H3/t16-/m1/s1. The number of non-ortho nitro benzene ring substituents is 1. The van der Waals surface area contributed by atoms with Crippen LogP contribution in [0.4, 0.5) is 11.4 Å². The number of fused-ring (bicyclic) bond motifs is 1. The molecular formula is C19H24N2O4. The van der Waals surface area contributed by atoms with E-state index >= 15 is 0 Å². The smallest absolute Gasteiger partial charge is 0.269 e. The topological polar surface area (TPSA) is 80.5 Å². The van der Waals surface area contributed by atoms with Crippen molar-refractivity contribution in [2.45, 2.75) is 58.4 Å². The Kier molecular flexibility index (Phi) is 4.62. The second-order valence-corrected chi connectivity index (χ2v) is 7.04. The van der Waals surface area contributed by atoms with Gasteiger partial charge in [-0.2, -0.15) is 0 Å². The first-order valence-corrected chi connectivity index (χ1v) is 9.06. The summed E-state index contributed by atoms with van der Waals surface area (Å²) in [6, 6.07) is 4.66. The molecule has 1 aliphatic carbocycles. The van der Waals surface area contributed by atoms with Gasteiger partial charge in [-0.25, -0.2) is 0 Å². The highest BCUT2D eigenvalue weighted by atomic mass is 16.6. The van der Waals surface area contributed by atoms with Gasteiger partial charge < -0.3 is 4.90 Å². The van der Waals surface area contributed by atoms with Crippen LogP contribution in [0.1, 0.15) is 51.5 Å². The predicted molar refractivity (Wildman–Crippen MR) is 94.8 cm³/mol. The van der Waals surface area contributed by atoms with Crippen molar-refractivity contribution in [3.8, 4) is 0 Å². The number of rotatable bonds is 4. The van der Waals surface area contributed by atoms with E-state index < -0.39 is 10.3 Å². The van der Waals surface area contributed by atoms with Gasteiger partial charge in [0.15, 0.2) is 0 Å². The van der Waals surface area contributed by atoms with E-state index in [0.717, 1.165) is 24.2 Å². The zero-order chi connectivity index (χ0) is 18.2. The van der Waals surface area contributed by atoms with Crippen molar-refractivity contribution in [3.05, 3.63) is 33.9 Å². The van der Waals surface area contributed by atoms with E-state index in [1.807, 2.05) is 6.92 Å². The van der Waals surface area contributed by atoms with Gasteiger partial charge in [0.05, 0.1) is 4.92 Å². The molecule has 0 amide bonds. The summed E-state index contributed by atoms with van der Waals surface area (Å²) in [6.45, 7) is 4.80. The van der Waals surface area contributed by atoms with Gasteiger partial charge in [-0.15, -0.1) is 0 Å². The summed E-state index contributed by atoms with van der Waals surface area (Å²) in [5, 5.41) is 11.2. The second kappa shape index (κ2) is 6.58. The molecule has 2 aliphatic rings. The molecule has 0 aromatic heterocycles. The molecule has 1 aromatic rings. The van der Waals surface area contributed by atoms with Crippen LogP contribution in [0.3, 0.4) is 0 Å². The number of carbonyl (C=O) groups excluding carboxylic acids is 2. The number of nitro benzene ring substituents is 1. The van der Waals surface area contributed by atoms with Crippen molar-refractivity contribution in [2.24, 2.45) is 5.41 Å². The van der Waals surface area contributed by atoms with Crippen LogP contribution >= 0.6 is 0 Å². The third-order valence-electron chi connectivity index (χ3n) is 5.65. The molecule has 1 saturated carbocycles. The van der Waals surface area contributed by atoms with Gasteiger partial charge in [0.2, 0.25) is 0 Å². The quantitative estimate of drug-likeness (QED) is 0.475. The van der Waals surface area contributed by atoms with E-state index in [2.05, 4.69) is 11.8 Å². The normalized spacial score (nSPS) is 22.2. The molecule has 0 N–H and O–H groups in total. The largest absolute Gasteiger partial charge is 0.367 e. The van der Waals surface area contributed by atoms with Gasteiger partial charge in [0.1, 0.15) is 17.0 Å². The maximum Gasteiger partial charge on any atom is 0.269 e. The highest BCUT2D eigenvalue weighted by molar-refractivity contribution is 6.11. The Labute approximate surface area is 147 Å². The summed E-state index contributed by atoms with van der Waals surface area (Å²) in [5.41, 5.74) is 0.646. The second-order valence-electron chi connectivity index (χ2n) is 7.04. The molecule has 0 bridgehead atoms. The Morgan fingerprint density at radius 1 is 1.24 bits per heavy atom. The zero-order valence-corrected chi connectivity index (χ0v) is 14.8. The number of Topliss-reactive ketones (excluding diaryl/α,β-unsaturated/α-hetero) is 2. The van der Waals surface area contributed by atoms with Crippen LogP contribution in [0.25, 0.3) is 0 Å². The minimum Gasteiger partial charge on any atom is -0.367 e. The van der Waals surface area contributed by atoms with Crippen LogP contribution in [0, 0.1) is 15.5 Å². The van der Waals surface area contributed by atoms with E-state index in [1.54, 1.807) is 12.1 Å². The van der Waals surface area contributed by atoms with Crippen molar-refractivity contribution in [1.29, 1.82) is 0 Å². The van der Waals surface area contributed by atoms with Gasteiger partial charge in [-0.3, -0.25) is 19.7 Å². The average molecular weight is 344 g/mol. The van der Waals surface area contributed by atoms with Crippen molar-refractivity contribution in [1.82, 2.24) is 0 Å². The van der Waals surface area contributed by atoms with Gasteiger partial charge in [0.25, 0.3) is 5.69 Å². The number of nitro groups is 1. The molecule has 3 rings (SSSR count). The number of anilines is 1. The highest BCUT2D eigenvalue weighted by Crippen LogP contribution is 2.48. The van der Waals surface area contributed by atoms with Crippen molar-refractivity contribution >= 4 is 22.9 Å². The Morgan fingerprint density at radius 3 is 2.48 bits per heavy atom. The maximum atomic E-state index is 12.9. The molecule has 134 valence electrons. The number of hydrogen-bond donors (Lipinski definition) is 0. The molecule has 6 heteroatoms. The summed E-state index contributed by atoms with van der Waals surface area (Å²) in [6.07, 6.45) is 3.34. The van der Waals surface area contributed by atoms with E-state index in [4.69, 9.17) is 0 Å². The van der Waals surface area contributed by atoms with E-state index in [1.165, 1.54) is 6.07 Å². The lowest BCUT2D eigenvalue weighted by Gasteiger charge is -2.51. The molecule has 25 heavy (non-hydrogen) atoms. The molecule has 1 atom stereocenters. The number of hydrogen-bond acceptors (Lipinski definition) is 5. The summed E-state index contributed by atoms with van der Waals surface area (Å²) in [4.78, 5) is 38.8. The van der Waals surface area contributed by atoms with Gasteiger partial charge >= 0.3 is 0 Å². The van der Waals surface area contributed by atoms with E-state index in [9.17, 15) is 19.7 Å². The lowest BCUT2D eigenvalue weighted by Crippen LogP contribution is -2.61. The molecule has 6 nitrogen and oxygen atoms in total. The number of carbonyl (C=O) groups is 2. The predicted octanol–water partition coefficient (Wildman–Crippen LogP) is 3.45. The lowest BCUT2D eigenvalue weighted by atomic mass is 9.61. The van der Waals surface area contributed by atoms with Crippen LogP contribution in [0.15, 0.2) is 18.2 Å². The Balaban J connectivity index is 2.19. The summed E-state index contributed by atoms with van der Waals surface area (Å²) in [5.74, 6) is 0.0164. The zero-order valence-electron chi connectivity index (χ0n) is 14.8. The average Bonchev–Trinajstić information content (AvgIpc) is 2.59. The first kappa shape index (κ1) is 17.6. The third kappa shape index (κ3) is 2.64. The minimum absolute atomic E-state index is 0.00820. The lowest BCUT2D eigenvalue weighted by molar-refractivity contribution is -0.384. The first-order chi connectivity index (χ1) is 12.0. The minimum atomic E-state index is -1.04. The summed E-state index contributed by atoms with van der Waals surface area (Å²) < 4.78 is 0. The Hall–Kier alpha value is -2.24. The molecular weight excluding hydrogens is 320 g/mol. The Morgan fingerprint density at radius 2 is 1.92 bits per heavy atom. The van der Waals surface area contributed by atoms with Gasteiger partial charge in [0, 0.05) is 43.2 Å². The maximum absolute atomic E-state index is 12.9. The fourth-order valence-corrected chi connectivity index (χ4v) is 4.63.